The lowest BCUT2D eigenvalue weighted by atomic mass is 9.96. The fourth-order valence-corrected chi connectivity index (χ4v) is 2.54. The molecule has 0 aliphatic carbocycles. The summed E-state index contributed by atoms with van der Waals surface area (Å²) in [5, 5.41) is 18.3. The zero-order chi connectivity index (χ0) is 14.5. The van der Waals surface area contributed by atoms with E-state index in [0.29, 0.717) is 25.4 Å². The molecule has 5 nitrogen and oxygen atoms in total. The first kappa shape index (κ1) is 14.8. The Balaban J connectivity index is 1.87. The molecule has 0 bridgehead atoms. The van der Waals surface area contributed by atoms with Crippen LogP contribution in [0.2, 0.25) is 0 Å². The van der Waals surface area contributed by atoms with E-state index in [1.165, 1.54) is 0 Å². The maximum absolute atomic E-state index is 12.3. The van der Waals surface area contributed by atoms with E-state index in [-0.39, 0.29) is 18.3 Å². The van der Waals surface area contributed by atoms with Crippen molar-refractivity contribution >= 4 is 5.91 Å². The third-order valence-corrected chi connectivity index (χ3v) is 3.89. The van der Waals surface area contributed by atoms with Gasteiger partial charge in [0.15, 0.2) is 0 Å². The van der Waals surface area contributed by atoms with Gasteiger partial charge in [-0.3, -0.25) is 4.79 Å². The van der Waals surface area contributed by atoms with Gasteiger partial charge in [0.2, 0.25) is 5.91 Å². The molecule has 1 aromatic rings. The van der Waals surface area contributed by atoms with Gasteiger partial charge in [0.1, 0.15) is 5.75 Å². The minimum atomic E-state index is -0.551. The molecule has 0 aromatic heterocycles. The SMILES string of the molecule is NC(Cc1ccc(O)cc1)C(=O)N1CCC(CO)CC1. The van der Waals surface area contributed by atoms with Crippen LogP contribution in [-0.2, 0) is 11.2 Å². The molecular formula is C15H22N2O3. The molecule has 1 aliphatic rings. The number of hydrogen-bond acceptors (Lipinski definition) is 4. The Morgan fingerprint density at radius 2 is 1.90 bits per heavy atom. The van der Waals surface area contributed by atoms with E-state index in [1.54, 1.807) is 29.2 Å². The Morgan fingerprint density at radius 1 is 1.30 bits per heavy atom. The molecule has 1 fully saturated rings. The smallest absolute Gasteiger partial charge is 0.239 e. The molecule has 0 saturated carbocycles. The first-order chi connectivity index (χ1) is 9.60. The van der Waals surface area contributed by atoms with E-state index in [9.17, 15) is 9.90 Å². The highest BCUT2D eigenvalue weighted by atomic mass is 16.3. The highest BCUT2D eigenvalue weighted by Gasteiger charge is 2.26. The summed E-state index contributed by atoms with van der Waals surface area (Å²) >= 11 is 0. The minimum absolute atomic E-state index is 0.0329. The predicted octanol–water partition coefficient (Wildman–Crippen LogP) is 0.493. The van der Waals surface area contributed by atoms with Gasteiger partial charge in [-0.25, -0.2) is 0 Å². The van der Waals surface area contributed by atoms with Gasteiger partial charge in [0, 0.05) is 19.7 Å². The second-order valence-electron chi connectivity index (χ2n) is 5.43. The van der Waals surface area contributed by atoms with Crippen LogP contribution in [-0.4, -0.2) is 46.8 Å². The van der Waals surface area contributed by atoms with E-state index in [4.69, 9.17) is 10.8 Å². The number of carbonyl (C=O) groups is 1. The fraction of sp³-hybridized carbons (Fsp3) is 0.533. The fourth-order valence-electron chi connectivity index (χ4n) is 2.54. The number of aromatic hydroxyl groups is 1. The van der Waals surface area contributed by atoms with Gasteiger partial charge < -0.3 is 20.8 Å². The Hall–Kier alpha value is -1.59. The summed E-state index contributed by atoms with van der Waals surface area (Å²) in [5.74, 6) is 0.488. The number of amides is 1. The number of carbonyl (C=O) groups excluding carboxylic acids is 1. The van der Waals surface area contributed by atoms with Crippen LogP contribution in [0.25, 0.3) is 0 Å². The maximum Gasteiger partial charge on any atom is 0.239 e. The van der Waals surface area contributed by atoms with Gasteiger partial charge >= 0.3 is 0 Å². The lowest BCUT2D eigenvalue weighted by molar-refractivity contribution is -0.134. The maximum atomic E-state index is 12.3. The number of rotatable bonds is 4. The van der Waals surface area contributed by atoms with Crippen molar-refractivity contribution in [2.24, 2.45) is 11.7 Å². The monoisotopic (exact) mass is 278 g/mol. The third kappa shape index (κ3) is 3.71. The quantitative estimate of drug-likeness (QED) is 0.748. The van der Waals surface area contributed by atoms with Crippen molar-refractivity contribution < 1.29 is 15.0 Å². The van der Waals surface area contributed by atoms with Crippen LogP contribution in [0, 0.1) is 5.92 Å². The van der Waals surface area contributed by atoms with Crippen molar-refractivity contribution in [3.63, 3.8) is 0 Å². The van der Waals surface area contributed by atoms with Crippen LogP contribution in [0.15, 0.2) is 24.3 Å². The summed E-state index contributed by atoms with van der Waals surface area (Å²) in [4.78, 5) is 14.0. The molecule has 1 amide bonds. The van der Waals surface area contributed by atoms with Crippen molar-refractivity contribution in [3.05, 3.63) is 29.8 Å². The molecule has 1 unspecified atom stereocenters. The first-order valence-corrected chi connectivity index (χ1v) is 7.03. The number of nitrogens with zero attached hydrogens (tertiary/aromatic N) is 1. The van der Waals surface area contributed by atoms with Crippen LogP contribution >= 0.6 is 0 Å². The molecule has 2 rings (SSSR count). The summed E-state index contributed by atoms with van der Waals surface area (Å²) in [6.07, 6.45) is 2.15. The molecule has 1 saturated heterocycles. The number of nitrogens with two attached hydrogens (primary N) is 1. The Labute approximate surface area is 119 Å². The van der Waals surface area contributed by atoms with Gasteiger partial charge in [-0.05, 0) is 42.9 Å². The van der Waals surface area contributed by atoms with Crippen LogP contribution in [0.5, 0.6) is 5.75 Å². The van der Waals surface area contributed by atoms with Crippen molar-refractivity contribution in [1.82, 2.24) is 4.90 Å². The molecule has 0 spiro atoms. The van der Waals surface area contributed by atoms with Gasteiger partial charge in [0.25, 0.3) is 0 Å². The largest absolute Gasteiger partial charge is 0.508 e. The number of hydrogen-bond donors (Lipinski definition) is 3. The predicted molar refractivity (Wildman–Crippen MR) is 76.2 cm³/mol. The molecule has 1 heterocycles. The number of phenols is 1. The van der Waals surface area contributed by atoms with Crippen LogP contribution in [0.3, 0.4) is 0 Å². The number of phenolic OH excluding ortho intramolecular Hbond substituents is 1. The summed E-state index contributed by atoms with van der Waals surface area (Å²) in [5.41, 5.74) is 6.92. The number of likely N-dealkylation sites (tertiary alicyclic amines) is 1. The zero-order valence-corrected chi connectivity index (χ0v) is 11.5. The van der Waals surface area contributed by atoms with Gasteiger partial charge in [0.05, 0.1) is 6.04 Å². The molecule has 0 radical (unpaired) electrons. The molecule has 1 atom stereocenters. The first-order valence-electron chi connectivity index (χ1n) is 7.03. The third-order valence-electron chi connectivity index (χ3n) is 3.89. The standard InChI is InChI=1S/C15H22N2O3/c16-14(9-11-1-3-13(19)4-2-11)15(20)17-7-5-12(10-18)6-8-17/h1-4,12,14,18-19H,5-10,16H2. The number of benzene rings is 1. The van der Waals surface area contributed by atoms with Crippen LogP contribution in [0.4, 0.5) is 0 Å². The molecular weight excluding hydrogens is 256 g/mol. The number of aliphatic hydroxyl groups is 1. The van der Waals surface area contributed by atoms with Crippen molar-refractivity contribution in [2.45, 2.75) is 25.3 Å². The average Bonchev–Trinajstić information content (AvgIpc) is 2.49. The average molecular weight is 278 g/mol. The van der Waals surface area contributed by atoms with E-state index in [2.05, 4.69) is 0 Å². The second-order valence-corrected chi connectivity index (χ2v) is 5.43. The minimum Gasteiger partial charge on any atom is -0.508 e. The Morgan fingerprint density at radius 3 is 2.45 bits per heavy atom. The summed E-state index contributed by atoms with van der Waals surface area (Å²) in [6.45, 7) is 1.54. The summed E-state index contributed by atoms with van der Waals surface area (Å²) < 4.78 is 0. The van der Waals surface area contributed by atoms with Crippen LogP contribution in [0.1, 0.15) is 18.4 Å². The molecule has 4 N–H and O–H groups in total. The molecule has 20 heavy (non-hydrogen) atoms. The van der Waals surface area contributed by atoms with Gasteiger partial charge in [-0.1, -0.05) is 12.1 Å². The van der Waals surface area contributed by atoms with E-state index in [0.717, 1.165) is 18.4 Å². The van der Waals surface area contributed by atoms with E-state index >= 15 is 0 Å². The van der Waals surface area contributed by atoms with Gasteiger partial charge in [-0.2, -0.15) is 0 Å². The molecule has 110 valence electrons. The van der Waals surface area contributed by atoms with Crippen molar-refractivity contribution in [3.8, 4) is 5.75 Å². The molecule has 5 heteroatoms. The summed E-state index contributed by atoms with van der Waals surface area (Å²) in [7, 11) is 0. The normalized spacial score (nSPS) is 18.0. The van der Waals surface area contributed by atoms with Crippen molar-refractivity contribution in [2.75, 3.05) is 19.7 Å². The topological polar surface area (TPSA) is 86.8 Å². The van der Waals surface area contributed by atoms with E-state index in [1.807, 2.05) is 0 Å². The second kappa shape index (κ2) is 6.72. The number of aliphatic hydroxyl groups excluding tert-OH is 1. The van der Waals surface area contributed by atoms with Crippen molar-refractivity contribution in [1.29, 1.82) is 0 Å². The zero-order valence-electron chi connectivity index (χ0n) is 11.5. The van der Waals surface area contributed by atoms with E-state index < -0.39 is 6.04 Å². The molecule has 1 aromatic carbocycles. The highest BCUT2D eigenvalue weighted by molar-refractivity contribution is 5.82. The Kier molecular flexibility index (Phi) is 4.98. The Bertz CT molecular complexity index is 439. The summed E-state index contributed by atoms with van der Waals surface area (Å²) in [6, 6.07) is 6.20. The molecule has 1 aliphatic heterocycles. The lowest BCUT2D eigenvalue weighted by Crippen LogP contribution is -2.48. The van der Waals surface area contributed by atoms with Gasteiger partial charge in [-0.15, -0.1) is 0 Å². The number of piperidine rings is 1. The lowest BCUT2D eigenvalue weighted by Gasteiger charge is -2.32. The van der Waals surface area contributed by atoms with Crippen LogP contribution < -0.4 is 5.73 Å². The highest BCUT2D eigenvalue weighted by Crippen LogP contribution is 2.18.